The highest BCUT2D eigenvalue weighted by molar-refractivity contribution is 9.10. The van der Waals surface area contributed by atoms with Crippen LogP contribution in [0.5, 0.6) is 0 Å². The van der Waals surface area contributed by atoms with Gasteiger partial charge in [0.2, 0.25) is 5.95 Å². The van der Waals surface area contributed by atoms with Crippen molar-refractivity contribution in [3.63, 3.8) is 0 Å². The fourth-order valence-electron chi connectivity index (χ4n) is 2.18. The van der Waals surface area contributed by atoms with Gasteiger partial charge in [0.25, 0.3) is 0 Å². The molecule has 0 saturated carbocycles. The molecule has 0 atom stereocenters. The quantitative estimate of drug-likeness (QED) is 0.841. The summed E-state index contributed by atoms with van der Waals surface area (Å²) in [6.07, 6.45) is 1.60. The number of aromatic nitrogens is 3. The molecule has 2 aromatic rings. The number of anilines is 1. The Morgan fingerprint density at radius 1 is 1.00 bits per heavy atom. The molecule has 1 aliphatic rings. The molecule has 1 fully saturated rings. The minimum Gasteiger partial charge on any atom is -0.338 e. The van der Waals surface area contributed by atoms with Crippen LogP contribution in [0.2, 0.25) is 0 Å². The van der Waals surface area contributed by atoms with E-state index in [9.17, 15) is 0 Å². The van der Waals surface area contributed by atoms with Gasteiger partial charge in [-0.15, -0.1) is 0 Å². The lowest BCUT2D eigenvalue weighted by Gasteiger charge is -2.32. The van der Waals surface area contributed by atoms with Crippen molar-refractivity contribution in [3.8, 4) is 11.4 Å². The minimum absolute atomic E-state index is 0.724. The average molecular weight is 334 g/mol. The molecule has 1 aromatic heterocycles. The maximum absolute atomic E-state index is 4.59. The molecule has 104 valence electrons. The maximum atomic E-state index is 4.59. The van der Waals surface area contributed by atoms with E-state index in [2.05, 4.69) is 47.7 Å². The Morgan fingerprint density at radius 3 is 2.40 bits per heavy atom. The second-order valence-corrected chi connectivity index (χ2v) is 5.82. The number of piperazine rings is 1. The Labute approximate surface area is 126 Å². The number of nitrogens with zero attached hydrogens (tertiary/aromatic N) is 5. The predicted octanol–water partition coefficient (Wildman–Crippen LogP) is 2.05. The van der Waals surface area contributed by atoms with Crippen molar-refractivity contribution in [2.45, 2.75) is 0 Å². The van der Waals surface area contributed by atoms with Crippen molar-refractivity contribution in [2.75, 3.05) is 38.1 Å². The van der Waals surface area contributed by atoms with Crippen molar-refractivity contribution >= 4 is 21.9 Å². The molecule has 0 amide bonds. The summed E-state index contributed by atoms with van der Waals surface area (Å²) in [5.41, 5.74) is 1.01. The third kappa shape index (κ3) is 2.96. The van der Waals surface area contributed by atoms with E-state index >= 15 is 0 Å². The molecular formula is C14H16BrN5. The van der Waals surface area contributed by atoms with Gasteiger partial charge in [0.1, 0.15) is 6.33 Å². The summed E-state index contributed by atoms with van der Waals surface area (Å²) in [6, 6.07) is 8.00. The molecule has 5 nitrogen and oxygen atoms in total. The monoisotopic (exact) mass is 333 g/mol. The van der Waals surface area contributed by atoms with Crippen molar-refractivity contribution in [1.82, 2.24) is 19.9 Å². The van der Waals surface area contributed by atoms with E-state index in [1.807, 2.05) is 24.3 Å². The topological polar surface area (TPSA) is 45.2 Å². The van der Waals surface area contributed by atoms with Gasteiger partial charge in [0, 0.05) is 36.2 Å². The summed E-state index contributed by atoms with van der Waals surface area (Å²) in [4.78, 5) is 17.7. The average Bonchev–Trinajstić information content (AvgIpc) is 2.49. The van der Waals surface area contributed by atoms with Gasteiger partial charge in [-0.1, -0.05) is 28.1 Å². The highest BCUT2D eigenvalue weighted by atomic mass is 79.9. The summed E-state index contributed by atoms with van der Waals surface area (Å²) in [5, 5.41) is 0. The van der Waals surface area contributed by atoms with E-state index in [0.29, 0.717) is 0 Å². The Morgan fingerprint density at radius 2 is 1.70 bits per heavy atom. The van der Waals surface area contributed by atoms with Gasteiger partial charge in [0.05, 0.1) is 0 Å². The maximum Gasteiger partial charge on any atom is 0.228 e. The summed E-state index contributed by atoms with van der Waals surface area (Å²) in [6.45, 7) is 4.00. The Kier molecular flexibility index (Phi) is 3.93. The third-order valence-electron chi connectivity index (χ3n) is 3.45. The fraction of sp³-hybridized carbons (Fsp3) is 0.357. The van der Waals surface area contributed by atoms with Crippen molar-refractivity contribution in [1.29, 1.82) is 0 Å². The number of rotatable bonds is 2. The molecule has 0 spiro atoms. The van der Waals surface area contributed by atoms with Crippen LogP contribution in [0.3, 0.4) is 0 Å². The summed E-state index contributed by atoms with van der Waals surface area (Å²) in [5.74, 6) is 1.49. The second-order valence-electron chi connectivity index (χ2n) is 4.91. The smallest absolute Gasteiger partial charge is 0.228 e. The lowest BCUT2D eigenvalue weighted by atomic mass is 10.2. The van der Waals surface area contributed by atoms with Crippen LogP contribution >= 0.6 is 15.9 Å². The summed E-state index contributed by atoms with van der Waals surface area (Å²) < 4.78 is 1.05. The molecule has 3 rings (SSSR count). The second kappa shape index (κ2) is 5.85. The highest BCUT2D eigenvalue weighted by Crippen LogP contribution is 2.19. The number of likely N-dealkylation sites (N-methyl/N-ethyl adjacent to an activating group) is 1. The Bertz CT molecular complexity index is 578. The normalized spacial score (nSPS) is 16.4. The van der Waals surface area contributed by atoms with Gasteiger partial charge in [-0.2, -0.15) is 4.98 Å². The molecule has 1 aromatic carbocycles. The van der Waals surface area contributed by atoms with Gasteiger partial charge in [-0.05, 0) is 19.2 Å². The minimum atomic E-state index is 0.724. The molecule has 0 bridgehead atoms. The molecular weight excluding hydrogens is 318 g/mol. The van der Waals surface area contributed by atoms with Crippen LogP contribution in [0.4, 0.5) is 5.95 Å². The van der Waals surface area contributed by atoms with Gasteiger partial charge in [0.15, 0.2) is 5.82 Å². The summed E-state index contributed by atoms with van der Waals surface area (Å²) >= 11 is 3.43. The van der Waals surface area contributed by atoms with Gasteiger partial charge in [-0.25, -0.2) is 9.97 Å². The molecule has 2 heterocycles. The molecule has 0 aliphatic carbocycles. The summed E-state index contributed by atoms with van der Waals surface area (Å²) in [7, 11) is 2.14. The van der Waals surface area contributed by atoms with Crippen molar-refractivity contribution in [2.24, 2.45) is 0 Å². The van der Waals surface area contributed by atoms with Crippen LogP contribution < -0.4 is 4.90 Å². The van der Waals surface area contributed by atoms with E-state index < -0.39 is 0 Å². The van der Waals surface area contributed by atoms with Gasteiger partial charge in [-0.3, -0.25) is 0 Å². The molecule has 0 unspecified atom stereocenters. The predicted molar refractivity (Wildman–Crippen MR) is 82.7 cm³/mol. The lowest BCUT2D eigenvalue weighted by molar-refractivity contribution is 0.311. The van der Waals surface area contributed by atoms with Crippen LogP contribution in [0.15, 0.2) is 35.1 Å². The molecule has 1 saturated heterocycles. The van der Waals surface area contributed by atoms with Crippen molar-refractivity contribution in [3.05, 3.63) is 35.1 Å². The standard InChI is InChI=1S/C14H16BrN5/c1-19-6-8-20(9-7-19)14-17-10-16-13(18-14)11-2-4-12(15)5-3-11/h2-5,10H,6-9H2,1H3. The first-order valence-corrected chi connectivity index (χ1v) is 7.40. The van der Waals surface area contributed by atoms with E-state index in [1.165, 1.54) is 0 Å². The van der Waals surface area contributed by atoms with Crippen LogP contribution in [0, 0.1) is 0 Å². The van der Waals surface area contributed by atoms with Crippen molar-refractivity contribution < 1.29 is 0 Å². The zero-order chi connectivity index (χ0) is 13.9. The van der Waals surface area contributed by atoms with Gasteiger partial charge >= 0.3 is 0 Å². The molecule has 1 aliphatic heterocycles. The third-order valence-corrected chi connectivity index (χ3v) is 3.98. The van der Waals surface area contributed by atoms with Crippen LogP contribution in [-0.2, 0) is 0 Å². The van der Waals surface area contributed by atoms with E-state index in [1.54, 1.807) is 6.33 Å². The SMILES string of the molecule is CN1CCN(c2ncnc(-c3ccc(Br)cc3)n2)CC1. The Balaban J connectivity index is 1.84. The highest BCUT2D eigenvalue weighted by Gasteiger charge is 2.17. The first kappa shape index (κ1) is 13.5. The number of halogens is 1. The van der Waals surface area contributed by atoms with E-state index in [4.69, 9.17) is 0 Å². The number of hydrogen-bond acceptors (Lipinski definition) is 5. The number of hydrogen-bond donors (Lipinski definition) is 0. The van der Waals surface area contributed by atoms with Gasteiger partial charge < -0.3 is 9.80 Å². The fourth-order valence-corrected chi connectivity index (χ4v) is 2.45. The van der Waals surface area contributed by atoms with Crippen LogP contribution in [-0.4, -0.2) is 53.1 Å². The molecule has 0 radical (unpaired) electrons. The lowest BCUT2D eigenvalue weighted by Crippen LogP contribution is -2.45. The number of benzene rings is 1. The molecule has 0 N–H and O–H groups in total. The molecule has 6 heteroatoms. The zero-order valence-corrected chi connectivity index (χ0v) is 12.9. The van der Waals surface area contributed by atoms with E-state index in [0.717, 1.165) is 48.0 Å². The van der Waals surface area contributed by atoms with Crippen LogP contribution in [0.1, 0.15) is 0 Å². The zero-order valence-electron chi connectivity index (χ0n) is 11.3. The van der Waals surface area contributed by atoms with E-state index in [-0.39, 0.29) is 0 Å². The first-order valence-electron chi connectivity index (χ1n) is 6.61. The largest absolute Gasteiger partial charge is 0.338 e. The van der Waals surface area contributed by atoms with Crippen LogP contribution in [0.25, 0.3) is 11.4 Å². The first-order chi connectivity index (χ1) is 9.72. The molecule has 20 heavy (non-hydrogen) atoms. The Hall–Kier alpha value is -1.53.